The van der Waals surface area contributed by atoms with Crippen LogP contribution in [0.4, 0.5) is 5.69 Å². The lowest BCUT2D eigenvalue weighted by Crippen LogP contribution is -2.08. The molecule has 0 radical (unpaired) electrons. The zero-order valence-electron chi connectivity index (χ0n) is 9.64. The Morgan fingerprint density at radius 2 is 1.94 bits per heavy atom. The zero-order chi connectivity index (χ0) is 11.4. The summed E-state index contributed by atoms with van der Waals surface area (Å²) < 4.78 is 0. The highest BCUT2D eigenvalue weighted by molar-refractivity contribution is 5.43. The van der Waals surface area contributed by atoms with E-state index in [1.165, 1.54) is 11.1 Å². The van der Waals surface area contributed by atoms with Gasteiger partial charge in [0.25, 0.3) is 0 Å². The molecule has 82 valence electrons. The van der Waals surface area contributed by atoms with Crippen molar-refractivity contribution in [3.63, 3.8) is 0 Å². The molecule has 0 amide bonds. The van der Waals surface area contributed by atoms with Gasteiger partial charge in [0.2, 0.25) is 0 Å². The van der Waals surface area contributed by atoms with Crippen molar-refractivity contribution < 1.29 is 0 Å². The molecular weight excluding hydrogens is 196 g/mol. The van der Waals surface area contributed by atoms with E-state index in [-0.39, 0.29) is 0 Å². The molecule has 1 aromatic carbocycles. The van der Waals surface area contributed by atoms with Crippen LogP contribution in [-0.2, 0) is 0 Å². The summed E-state index contributed by atoms with van der Waals surface area (Å²) in [5.74, 6) is 0. The topological polar surface area (TPSA) is 24.9 Å². The summed E-state index contributed by atoms with van der Waals surface area (Å²) in [6.45, 7) is 4.30. The van der Waals surface area contributed by atoms with Gasteiger partial charge in [-0.1, -0.05) is 24.3 Å². The summed E-state index contributed by atoms with van der Waals surface area (Å²) in [7, 11) is 0. The average Bonchev–Trinajstić information content (AvgIpc) is 2.31. The number of aryl methyl sites for hydroxylation is 1. The van der Waals surface area contributed by atoms with Gasteiger partial charge in [0.15, 0.2) is 0 Å². The first-order chi connectivity index (χ1) is 7.77. The van der Waals surface area contributed by atoms with Crippen molar-refractivity contribution in [1.82, 2.24) is 4.98 Å². The third kappa shape index (κ3) is 2.40. The molecule has 1 aromatic heterocycles. The summed E-state index contributed by atoms with van der Waals surface area (Å²) >= 11 is 0. The maximum Gasteiger partial charge on any atom is 0.0531 e. The summed E-state index contributed by atoms with van der Waals surface area (Å²) in [6.07, 6.45) is 3.62. The van der Waals surface area contributed by atoms with Crippen molar-refractivity contribution in [2.45, 2.75) is 19.9 Å². The Hall–Kier alpha value is -1.83. The molecule has 2 nitrogen and oxygen atoms in total. The summed E-state index contributed by atoms with van der Waals surface area (Å²) in [5, 5.41) is 3.44. The molecule has 2 rings (SSSR count). The minimum absolute atomic E-state index is 0.297. The minimum Gasteiger partial charge on any atom is -0.377 e. The molecular formula is C14H16N2. The molecule has 1 atom stereocenters. The number of nitrogens with zero attached hydrogens (tertiary/aromatic N) is 1. The Balaban J connectivity index is 2.15. The normalized spacial score (nSPS) is 12.1. The second kappa shape index (κ2) is 4.79. The number of aromatic nitrogens is 1. The van der Waals surface area contributed by atoms with Gasteiger partial charge >= 0.3 is 0 Å². The van der Waals surface area contributed by atoms with Crippen LogP contribution in [0.2, 0.25) is 0 Å². The van der Waals surface area contributed by atoms with Crippen LogP contribution in [0.25, 0.3) is 0 Å². The lowest BCUT2D eigenvalue weighted by Gasteiger charge is -2.17. The summed E-state index contributed by atoms with van der Waals surface area (Å²) in [5.41, 5.74) is 3.69. The second-order valence-corrected chi connectivity index (χ2v) is 3.96. The van der Waals surface area contributed by atoms with Crippen molar-refractivity contribution in [2.75, 3.05) is 5.32 Å². The van der Waals surface area contributed by atoms with E-state index in [9.17, 15) is 0 Å². The van der Waals surface area contributed by atoms with Crippen molar-refractivity contribution in [2.24, 2.45) is 0 Å². The molecule has 0 fully saturated rings. The van der Waals surface area contributed by atoms with E-state index in [0.717, 1.165) is 5.69 Å². The average molecular weight is 212 g/mol. The van der Waals surface area contributed by atoms with E-state index in [4.69, 9.17) is 0 Å². The molecule has 1 N–H and O–H groups in total. The number of anilines is 1. The molecule has 0 aliphatic carbocycles. The van der Waals surface area contributed by atoms with Crippen LogP contribution in [0, 0.1) is 6.92 Å². The van der Waals surface area contributed by atoms with Crippen LogP contribution in [0.15, 0.2) is 48.8 Å². The minimum atomic E-state index is 0.297. The Morgan fingerprint density at radius 1 is 1.12 bits per heavy atom. The Kier molecular flexibility index (Phi) is 3.20. The van der Waals surface area contributed by atoms with Crippen molar-refractivity contribution in [3.05, 3.63) is 59.9 Å². The molecule has 0 saturated heterocycles. The maximum absolute atomic E-state index is 4.09. The molecule has 1 unspecified atom stereocenters. The van der Waals surface area contributed by atoms with Gasteiger partial charge in [0, 0.05) is 18.4 Å². The highest BCUT2D eigenvalue weighted by atomic mass is 14.9. The van der Waals surface area contributed by atoms with Crippen LogP contribution >= 0.6 is 0 Å². The Bertz CT molecular complexity index is 451. The molecule has 2 aromatic rings. The Labute approximate surface area is 96.4 Å². The third-order valence-corrected chi connectivity index (χ3v) is 2.70. The first-order valence-electron chi connectivity index (χ1n) is 5.49. The summed E-state index contributed by atoms with van der Waals surface area (Å²) in [6, 6.07) is 12.7. The van der Waals surface area contributed by atoms with E-state index < -0.39 is 0 Å². The smallest absolute Gasteiger partial charge is 0.0531 e. The summed E-state index contributed by atoms with van der Waals surface area (Å²) in [4.78, 5) is 4.09. The lowest BCUT2D eigenvalue weighted by molar-refractivity contribution is 0.872. The number of benzene rings is 1. The second-order valence-electron chi connectivity index (χ2n) is 3.96. The fraction of sp³-hybridized carbons (Fsp3) is 0.214. The van der Waals surface area contributed by atoms with Crippen LogP contribution in [0.5, 0.6) is 0 Å². The van der Waals surface area contributed by atoms with Gasteiger partial charge in [-0.3, -0.25) is 4.98 Å². The van der Waals surface area contributed by atoms with Crippen LogP contribution in [-0.4, -0.2) is 4.98 Å². The van der Waals surface area contributed by atoms with E-state index in [1.807, 2.05) is 18.3 Å². The van der Waals surface area contributed by atoms with Gasteiger partial charge in [-0.05, 0) is 37.1 Å². The van der Waals surface area contributed by atoms with Gasteiger partial charge in [0.05, 0.1) is 5.69 Å². The molecule has 0 aliphatic heterocycles. The quantitative estimate of drug-likeness (QED) is 0.841. The van der Waals surface area contributed by atoms with Crippen LogP contribution in [0.1, 0.15) is 24.1 Å². The van der Waals surface area contributed by atoms with E-state index in [2.05, 4.69) is 48.4 Å². The van der Waals surface area contributed by atoms with E-state index in [0.29, 0.717) is 6.04 Å². The van der Waals surface area contributed by atoms with Gasteiger partial charge in [-0.15, -0.1) is 0 Å². The lowest BCUT2D eigenvalue weighted by atomic mass is 10.0. The highest BCUT2D eigenvalue weighted by Gasteiger charge is 2.06. The molecule has 1 heterocycles. The fourth-order valence-corrected chi connectivity index (χ4v) is 1.85. The molecule has 0 bridgehead atoms. The molecule has 2 heteroatoms. The van der Waals surface area contributed by atoms with Crippen LogP contribution in [0.3, 0.4) is 0 Å². The zero-order valence-corrected chi connectivity index (χ0v) is 9.64. The molecule has 0 saturated carbocycles. The first kappa shape index (κ1) is 10.7. The maximum atomic E-state index is 4.09. The van der Waals surface area contributed by atoms with Gasteiger partial charge in [0.1, 0.15) is 0 Å². The predicted octanol–water partition coefficient (Wildman–Crippen LogP) is 3.56. The number of nitrogens with one attached hydrogen (secondary N) is 1. The predicted molar refractivity (Wildman–Crippen MR) is 67.5 cm³/mol. The van der Waals surface area contributed by atoms with E-state index in [1.54, 1.807) is 6.20 Å². The monoisotopic (exact) mass is 212 g/mol. The van der Waals surface area contributed by atoms with Crippen molar-refractivity contribution in [1.29, 1.82) is 0 Å². The fourth-order valence-electron chi connectivity index (χ4n) is 1.85. The van der Waals surface area contributed by atoms with E-state index >= 15 is 0 Å². The third-order valence-electron chi connectivity index (χ3n) is 2.70. The highest BCUT2D eigenvalue weighted by Crippen LogP contribution is 2.20. The number of rotatable bonds is 3. The number of hydrogen-bond acceptors (Lipinski definition) is 2. The van der Waals surface area contributed by atoms with Gasteiger partial charge in [-0.25, -0.2) is 0 Å². The Morgan fingerprint density at radius 3 is 2.62 bits per heavy atom. The molecule has 0 spiro atoms. The number of hydrogen-bond donors (Lipinski definition) is 1. The van der Waals surface area contributed by atoms with Crippen molar-refractivity contribution in [3.8, 4) is 0 Å². The van der Waals surface area contributed by atoms with Crippen LogP contribution < -0.4 is 5.32 Å². The standard InChI is InChI=1S/C14H16N2/c1-11-6-3-4-8-14(11)12(2)16-13-7-5-9-15-10-13/h3-10,12,16H,1-2H3. The number of pyridine rings is 1. The molecule has 0 aliphatic rings. The first-order valence-corrected chi connectivity index (χ1v) is 5.49. The molecule has 16 heavy (non-hydrogen) atoms. The van der Waals surface area contributed by atoms with Gasteiger partial charge < -0.3 is 5.32 Å². The SMILES string of the molecule is Cc1ccccc1C(C)Nc1cccnc1. The van der Waals surface area contributed by atoms with Gasteiger partial charge in [-0.2, -0.15) is 0 Å². The van der Waals surface area contributed by atoms with Crippen molar-refractivity contribution >= 4 is 5.69 Å². The largest absolute Gasteiger partial charge is 0.377 e.